The fourth-order valence-electron chi connectivity index (χ4n) is 2.09. The highest BCUT2D eigenvalue weighted by molar-refractivity contribution is 7.89. The second-order valence-corrected chi connectivity index (χ2v) is 8.89. The van der Waals surface area contributed by atoms with Gasteiger partial charge in [0.1, 0.15) is 0 Å². The van der Waals surface area contributed by atoms with E-state index >= 15 is 0 Å². The summed E-state index contributed by atoms with van der Waals surface area (Å²) in [5.41, 5.74) is 0.902. The van der Waals surface area contributed by atoms with Crippen LogP contribution in [0.2, 0.25) is 0 Å². The molecule has 1 aromatic rings. The fraction of sp³-hybridized carbons (Fsp3) is 0.500. The second-order valence-electron chi connectivity index (χ2n) is 7.12. The molecule has 0 unspecified atom stereocenters. The van der Waals surface area contributed by atoms with Gasteiger partial charge in [-0.25, -0.2) is 17.9 Å². The van der Waals surface area contributed by atoms with Crippen molar-refractivity contribution in [1.82, 2.24) is 15.4 Å². The van der Waals surface area contributed by atoms with Crippen molar-refractivity contribution in [1.29, 1.82) is 0 Å². The zero-order valence-corrected chi connectivity index (χ0v) is 17.5. The molecule has 0 saturated carbocycles. The number of urea groups is 1. The maximum absolute atomic E-state index is 12.3. The fourth-order valence-corrected chi connectivity index (χ4v) is 3.12. The highest BCUT2D eigenvalue weighted by Gasteiger charge is 2.21. The van der Waals surface area contributed by atoms with Crippen LogP contribution in [0, 0.1) is 0 Å². The summed E-state index contributed by atoms with van der Waals surface area (Å²) in [4.78, 5) is 34.5. The molecule has 3 amide bonds. The first-order chi connectivity index (χ1) is 12.9. The summed E-state index contributed by atoms with van der Waals surface area (Å²) < 4.78 is 31.8. The Balaban J connectivity index is 2.54. The summed E-state index contributed by atoms with van der Waals surface area (Å²) in [6.45, 7) is 7.19. The van der Waals surface area contributed by atoms with Crippen LogP contribution in [-0.2, 0) is 29.8 Å². The van der Waals surface area contributed by atoms with Crippen LogP contribution < -0.4 is 15.4 Å². The Morgan fingerprint density at radius 1 is 1.11 bits per heavy atom. The summed E-state index contributed by atoms with van der Waals surface area (Å²) in [5.74, 6) is -1.56. The molecule has 9 nitrogen and oxygen atoms in total. The van der Waals surface area contributed by atoms with Gasteiger partial charge in [0, 0.05) is 13.6 Å². The predicted molar refractivity (Wildman–Crippen MR) is 103 cm³/mol. The summed E-state index contributed by atoms with van der Waals surface area (Å²) in [5, 5.41) is 4.17. The number of imide groups is 1. The molecule has 0 aliphatic carbocycles. The Morgan fingerprint density at radius 2 is 1.68 bits per heavy atom. The van der Waals surface area contributed by atoms with E-state index in [0.717, 1.165) is 5.56 Å². The van der Waals surface area contributed by atoms with Crippen LogP contribution in [-0.4, -0.2) is 46.0 Å². The number of benzene rings is 1. The third-order valence-electron chi connectivity index (χ3n) is 3.79. The number of carbonyl (C=O) groups is 3. The average Bonchev–Trinajstić information content (AvgIpc) is 2.60. The minimum Gasteiger partial charge on any atom is -0.452 e. The van der Waals surface area contributed by atoms with Gasteiger partial charge in [0.15, 0.2) is 6.10 Å². The summed E-state index contributed by atoms with van der Waals surface area (Å²) in [6, 6.07) is 5.78. The van der Waals surface area contributed by atoms with Crippen molar-refractivity contribution in [2.24, 2.45) is 0 Å². The van der Waals surface area contributed by atoms with Gasteiger partial charge in [0.2, 0.25) is 10.0 Å². The smallest absolute Gasteiger partial charge is 0.321 e. The number of sulfonamides is 1. The minimum atomic E-state index is -3.77. The van der Waals surface area contributed by atoms with E-state index in [1.807, 2.05) is 26.1 Å². The molecular formula is C18H27N3O6S. The monoisotopic (exact) mass is 413 g/mol. The SMILES string of the molecule is CNC(=O)NC(=O)[C@@H](C)OC(=O)CCNS(=O)(=O)c1ccc(C(C)(C)C)cc1. The Bertz CT molecular complexity index is 813. The lowest BCUT2D eigenvalue weighted by atomic mass is 9.87. The van der Waals surface area contributed by atoms with Gasteiger partial charge in [0.05, 0.1) is 11.3 Å². The molecule has 0 saturated heterocycles. The van der Waals surface area contributed by atoms with Crippen molar-refractivity contribution in [2.45, 2.75) is 50.5 Å². The molecule has 0 heterocycles. The number of hydrogen-bond acceptors (Lipinski definition) is 6. The van der Waals surface area contributed by atoms with Gasteiger partial charge in [-0.1, -0.05) is 32.9 Å². The summed E-state index contributed by atoms with van der Waals surface area (Å²) >= 11 is 0. The molecular weight excluding hydrogens is 386 g/mol. The molecule has 0 aromatic heterocycles. The van der Waals surface area contributed by atoms with Crippen LogP contribution >= 0.6 is 0 Å². The quantitative estimate of drug-likeness (QED) is 0.573. The standard InChI is InChI=1S/C18H27N3O6S/c1-12(16(23)21-17(24)19-5)27-15(22)10-11-20-28(25,26)14-8-6-13(7-9-14)18(2,3)4/h6-9,12,20H,10-11H2,1-5H3,(H2,19,21,23,24)/t12-/m1/s1. The third kappa shape index (κ3) is 7.28. The van der Waals surface area contributed by atoms with Gasteiger partial charge in [0.25, 0.3) is 5.91 Å². The Morgan fingerprint density at radius 3 is 2.18 bits per heavy atom. The van der Waals surface area contributed by atoms with Crippen LogP contribution in [0.4, 0.5) is 4.79 Å². The minimum absolute atomic E-state index is 0.0900. The van der Waals surface area contributed by atoms with Crippen molar-refractivity contribution in [3.8, 4) is 0 Å². The predicted octanol–water partition coefficient (Wildman–Crippen LogP) is 1.04. The Hall–Kier alpha value is -2.46. The van der Waals surface area contributed by atoms with Gasteiger partial charge >= 0.3 is 12.0 Å². The molecule has 28 heavy (non-hydrogen) atoms. The van der Waals surface area contributed by atoms with Crippen molar-refractivity contribution in [2.75, 3.05) is 13.6 Å². The molecule has 0 aliphatic rings. The van der Waals surface area contributed by atoms with E-state index < -0.39 is 34.0 Å². The number of esters is 1. The van der Waals surface area contributed by atoms with Gasteiger partial charge in [-0.2, -0.15) is 0 Å². The van der Waals surface area contributed by atoms with E-state index in [1.54, 1.807) is 12.1 Å². The average molecular weight is 413 g/mol. The first-order valence-electron chi connectivity index (χ1n) is 8.69. The molecule has 0 radical (unpaired) electrons. The number of ether oxygens (including phenoxy) is 1. The van der Waals surface area contributed by atoms with Gasteiger partial charge in [-0.15, -0.1) is 0 Å². The molecule has 3 N–H and O–H groups in total. The molecule has 10 heteroatoms. The van der Waals surface area contributed by atoms with Crippen LogP contribution in [0.25, 0.3) is 0 Å². The highest BCUT2D eigenvalue weighted by atomic mass is 32.2. The zero-order valence-electron chi connectivity index (χ0n) is 16.7. The lowest BCUT2D eigenvalue weighted by molar-refractivity contribution is -0.154. The molecule has 156 valence electrons. The second kappa shape index (κ2) is 9.65. The lowest BCUT2D eigenvalue weighted by Gasteiger charge is -2.19. The number of hydrogen-bond donors (Lipinski definition) is 3. The van der Waals surface area contributed by atoms with Gasteiger partial charge in [-0.3, -0.25) is 14.9 Å². The molecule has 0 bridgehead atoms. The van der Waals surface area contributed by atoms with Crippen LogP contribution in [0.1, 0.15) is 39.7 Å². The molecule has 0 aliphatic heterocycles. The van der Waals surface area contributed by atoms with Crippen molar-refractivity contribution in [3.05, 3.63) is 29.8 Å². The first kappa shape index (κ1) is 23.6. The molecule has 1 atom stereocenters. The normalized spacial score (nSPS) is 12.8. The summed E-state index contributed by atoms with van der Waals surface area (Å²) in [7, 11) is -2.44. The van der Waals surface area contributed by atoms with E-state index in [-0.39, 0.29) is 23.3 Å². The molecule has 1 aromatic carbocycles. The molecule has 0 fully saturated rings. The van der Waals surface area contributed by atoms with E-state index in [9.17, 15) is 22.8 Å². The van der Waals surface area contributed by atoms with E-state index in [0.29, 0.717) is 0 Å². The molecule has 0 spiro atoms. The van der Waals surface area contributed by atoms with Gasteiger partial charge in [-0.05, 0) is 30.0 Å². The number of amides is 3. The largest absolute Gasteiger partial charge is 0.452 e. The van der Waals surface area contributed by atoms with E-state index in [1.165, 1.54) is 26.1 Å². The van der Waals surface area contributed by atoms with Crippen molar-refractivity contribution in [3.63, 3.8) is 0 Å². The van der Waals surface area contributed by atoms with Crippen LogP contribution in [0.5, 0.6) is 0 Å². The van der Waals surface area contributed by atoms with Crippen LogP contribution in [0.15, 0.2) is 29.2 Å². The molecule has 1 rings (SSSR count). The Labute approximate surface area is 165 Å². The zero-order chi connectivity index (χ0) is 21.5. The first-order valence-corrected chi connectivity index (χ1v) is 10.2. The topological polar surface area (TPSA) is 131 Å². The van der Waals surface area contributed by atoms with Crippen molar-refractivity contribution < 1.29 is 27.5 Å². The van der Waals surface area contributed by atoms with E-state index in [2.05, 4.69) is 10.0 Å². The maximum atomic E-state index is 12.3. The highest BCUT2D eigenvalue weighted by Crippen LogP contribution is 2.23. The number of rotatable bonds is 7. The van der Waals surface area contributed by atoms with E-state index in [4.69, 9.17) is 4.74 Å². The summed E-state index contributed by atoms with van der Waals surface area (Å²) in [6.07, 6.45) is -1.46. The van der Waals surface area contributed by atoms with Gasteiger partial charge < -0.3 is 10.1 Å². The third-order valence-corrected chi connectivity index (χ3v) is 5.27. The van der Waals surface area contributed by atoms with Crippen LogP contribution in [0.3, 0.4) is 0 Å². The number of carbonyl (C=O) groups excluding carboxylic acids is 3. The van der Waals surface area contributed by atoms with Crippen molar-refractivity contribution >= 4 is 27.9 Å². The maximum Gasteiger partial charge on any atom is 0.321 e. The number of nitrogens with one attached hydrogen (secondary N) is 3. The Kier molecular flexibility index (Phi) is 8.13. The lowest BCUT2D eigenvalue weighted by Crippen LogP contribution is -2.43.